The monoisotopic (exact) mass is 250 g/mol. The highest BCUT2D eigenvalue weighted by molar-refractivity contribution is 5.92. The molecule has 1 aromatic carbocycles. The van der Waals surface area contributed by atoms with E-state index in [1.807, 2.05) is 24.3 Å². The van der Waals surface area contributed by atoms with Crippen LogP contribution in [0.25, 0.3) is 0 Å². The fourth-order valence-electron chi connectivity index (χ4n) is 1.51. The van der Waals surface area contributed by atoms with Crippen molar-refractivity contribution in [2.45, 2.75) is 32.7 Å². The topological polar surface area (TPSA) is 50.4 Å². The first-order valence-corrected chi connectivity index (χ1v) is 6.10. The average molecular weight is 250 g/mol. The molecule has 18 heavy (non-hydrogen) atoms. The van der Waals surface area contributed by atoms with Crippen LogP contribution < -0.4 is 15.4 Å². The first-order valence-electron chi connectivity index (χ1n) is 6.10. The standard InChI is InChI=1S/C14H22N2O2/c1-14(2,3)15-10-9-13(17)16-11-7-5-6-8-12(11)18-4/h5-8,15H,9-10H2,1-4H3,(H,16,17). The third-order valence-corrected chi connectivity index (χ3v) is 2.39. The Morgan fingerprint density at radius 2 is 1.94 bits per heavy atom. The van der Waals surface area contributed by atoms with Gasteiger partial charge in [-0.1, -0.05) is 12.1 Å². The Bertz CT molecular complexity index is 397. The summed E-state index contributed by atoms with van der Waals surface area (Å²) in [5.41, 5.74) is 0.741. The van der Waals surface area contributed by atoms with Crippen LogP contribution in [0.3, 0.4) is 0 Å². The van der Waals surface area contributed by atoms with Crippen molar-refractivity contribution >= 4 is 11.6 Å². The van der Waals surface area contributed by atoms with Gasteiger partial charge in [0.25, 0.3) is 0 Å². The fraction of sp³-hybridized carbons (Fsp3) is 0.500. The van der Waals surface area contributed by atoms with Gasteiger partial charge in [0.05, 0.1) is 12.8 Å². The second kappa shape index (κ2) is 6.40. The summed E-state index contributed by atoms with van der Waals surface area (Å²) in [6.07, 6.45) is 0.440. The predicted octanol–water partition coefficient (Wildman–Crippen LogP) is 2.41. The van der Waals surface area contributed by atoms with Crippen LogP contribution in [0.5, 0.6) is 5.75 Å². The summed E-state index contributed by atoms with van der Waals surface area (Å²) in [7, 11) is 1.59. The molecule has 2 N–H and O–H groups in total. The summed E-state index contributed by atoms with van der Waals surface area (Å²) < 4.78 is 5.17. The highest BCUT2D eigenvalue weighted by atomic mass is 16.5. The molecule has 4 heteroatoms. The quantitative estimate of drug-likeness (QED) is 0.843. The molecule has 0 fully saturated rings. The van der Waals surface area contributed by atoms with Crippen LogP contribution in [-0.4, -0.2) is 25.1 Å². The van der Waals surface area contributed by atoms with Gasteiger partial charge in [-0.3, -0.25) is 4.79 Å². The van der Waals surface area contributed by atoms with Crippen molar-refractivity contribution < 1.29 is 9.53 Å². The van der Waals surface area contributed by atoms with Gasteiger partial charge in [-0.25, -0.2) is 0 Å². The number of amides is 1. The lowest BCUT2D eigenvalue weighted by molar-refractivity contribution is -0.116. The molecule has 0 saturated carbocycles. The van der Waals surface area contributed by atoms with Crippen LogP contribution in [0.15, 0.2) is 24.3 Å². The molecule has 1 rings (SSSR count). The van der Waals surface area contributed by atoms with E-state index < -0.39 is 0 Å². The molecular formula is C14H22N2O2. The number of benzene rings is 1. The Labute approximate surface area is 109 Å². The summed E-state index contributed by atoms with van der Waals surface area (Å²) in [6.45, 7) is 6.88. The highest BCUT2D eigenvalue weighted by Gasteiger charge is 2.10. The smallest absolute Gasteiger partial charge is 0.225 e. The Balaban J connectivity index is 2.45. The van der Waals surface area contributed by atoms with Gasteiger partial charge in [-0.15, -0.1) is 0 Å². The van der Waals surface area contributed by atoms with Crippen molar-refractivity contribution in [2.24, 2.45) is 0 Å². The zero-order valence-electron chi connectivity index (χ0n) is 11.5. The Kier molecular flexibility index (Phi) is 5.16. The molecule has 0 unspecified atom stereocenters. The van der Waals surface area contributed by atoms with Gasteiger partial charge in [0.15, 0.2) is 0 Å². The minimum absolute atomic E-state index is 0.0174. The van der Waals surface area contributed by atoms with E-state index in [4.69, 9.17) is 4.74 Å². The molecular weight excluding hydrogens is 228 g/mol. The van der Waals surface area contributed by atoms with Gasteiger partial charge in [-0.2, -0.15) is 0 Å². The minimum Gasteiger partial charge on any atom is -0.495 e. The largest absolute Gasteiger partial charge is 0.495 e. The van der Waals surface area contributed by atoms with Crippen LogP contribution in [0.4, 0.5) is 5.69 Å². The van der Waals surface area contributed by atoms with Crippen LogP contribution in [0.1, 0.15) is 27.2 Å². The summed E-state index contributed by atoms with van der Waals surface area (Å²) in [6, 6.07) is 7.39. The molecule has 0 aromatic heterocycles. The van der Waals surface area contributed by atoms with Gasteiger partial charge in [-0.05, 0) is 32.9 Å². The van der Waals surface area contributed by atoms with Crippen LogP contribution in [0, 0.1) is 0 Å². The molecule has 0 radical (unpaired) electrons. The number of rotatable bonds is 5. The number of ether oxygens (including phenoxy) is 1. The second-order valence-electron chi connectivity index (χ2n) is 5.18. The van der Waals surface area contributed by atoms with E-state index in [2.05, 4.69) is 31.4 Å². The molecule has 1 aromatic rings. The van der Waals surface area contributed by atoms with Crippen LogP contribution in [-0.2, 0) is 4.79 Å². The molecule has 1 amide bonds. The number of nitrogens with one attached hydrogen (secondary N) is 2. The Morgan fingerprint density at radius 3 is 2.56 bits per heavy atom. The van der Waals surface area contributed by atoms with E-state index in [1.54, 1.807) is 7.11 Å². The van der Waals surface area contributed by atoms with Crippen LogP contribution in [0.2, 0.25) is 0 Å². The number of para-hydroxylation sites is 2. The first kappa shape index (κ1) is 14.5. The predicted molar refractivity (Wildman–Crippen MR) is 74.0 cm³/mol. The molecule has 0 heterocycles. The molecule has 0 aliphatic rings. The van der Waals surface area contributed by atoms with Crippen molar-refractivity contribution in [2.75, 3.05) is 19.0 Å². The van der Waals surface area contributed by atoms with E-state index in [9.17, 15) is 4.79 Å². The van der Waals surface area contributed by atoms with Crippen molar-refractivity contribution in [3.05, 3.63) is 24.3 Å². The third-order valence-electron chi connectivity index (χ3n) is 2.39. The van der Waals surface area contributed by atoms with E-state index >= 15 is 0 Å². The van der Waals surface area contributed by atoms with Gasteiger partial charge in [0.1, 0.15) is 5.75 Å². The number of carbonyl (C=O) groups is 1. The second-order valence-corrected chi connectivity index (χ2v) is 5.18. The van der Waals surface area contributed by atoms with Crippen molar-refractivity contribution in [3.8, 4) is 5.75 Å². The van der Waals surface area contributed by atoms with E-state index in [0.717, 1.165) is 0 Å². The fourth-order valence-corrected chi connectivity index (χ4v) is 1.51. The highest BCUT2D eigenvalue weighted by Crippen LogP contribution is 2.22. The Morgan fingerprint density at radius 1 is 1.28 bits per heavy atom. The summed E-state index contributed by atoms with van der Waals surface area (Å²) in [5.74, 6) is 0.658. The van der Waals surface area contributed by atoms with Crippen LogP contribution >= 0.6 is 0 Å². The van der Waals surface area contributed by atoms with Crippen molar-refractivity contribution in [1.29, 1.82) is 0 Å². The number of hydrogen-bond acceptors (Lipinski definition) is 3. The lowest BCUT2D eigenvalue weighted by atomic mass is 10.1. The number of anilines is 1. The maximum Gasteiger partial charge on any atom is 0.225 e. The normalized spacial score (nSPS) is 11.1. The molecule has 4 nitrogen and oxygen atoms in total. The van der Waals surface area contributed by atoms with Gasteiger partial charge in [0, 0.05) is 18.5 Å². The maximum atomic E-state index is 11.8. The Hall–Kier alpha value is -1.55. The number of carbonyl (C=O) groups excluding carboxylic acids is 1. The number of hydrogen-bond donors (Lipinski definition) is 2. The first-order chi connectivity index (χ1) is 8.42. The lowest BCUT2D eigenvalue weighted by Crippen LogP contribution is -2.37. The number of methoxy groups -OCH3 is 1. The zero-order valence-corrected chi connectivity index (χ0v) is 11.5. The van der Waals surface area contributed by atoms with Gasteiger partial charge < -0.3 is 15.4 Å². The molecule has 0 aliphatic heterocycles. The van der Waals surface area contributed by atoms with Crippen molar-refractivity contribution in [3.63, 3.8) is 0 Å². The molecule has 0 aliphatic carbocycles. The SMILES string of the molecule is COc1ccccc1NC(=O)CCNC(C)(C)C. The summed E-state index contributed by atoms with van der Waals surface area (Å²) in [4.78, 5) is 11.8. The van der Waals surface area contributed by atoms with E-state index in [0.29, 0.717) is 24.4 Å². The molecule has 100 valence electrons. The molecule has 0 saturated heterocycles. The van der Waals surface area contributed by atoms with Crippen molar-refractivity contribution in [1.82, 2.24) is 5.32 Å². The molecule has 0 spiro atoms. The minimum atomic E-state index is -0.0174. The zero-order chi connectivity index (χ0) is 13.6. The van der Waals surface area contributed by atoms with E-state index in [-0.39, 0.29) is 11.4 Å². The summed E-state index contributed by atoms with van der Waals surface area (Å²) >= 11 is 0. The maximum absolute atomic E-state index is 11.8. The summed E-state index contributed by atoms with van der Waals surface area (Å²) in [5, 5.41) is 6.12. The third kappa shape index (κ3) is 5.19. The lowest BCUT2D eigenvalue weighted by Gasteiger charge is -2.20. The van der Waals surface area contributed by atoms with Gasteiger partial charge in [0.2, 0.25) is 5.91 Å². The molecule has 0 atom stereocenters. The van der Waals surface area contributed by atoms with Gasteiger partial charge >= 0.3 is 0 Å². The van der Waals surface area contributed by atoms with E-state index in [1.165, 1.54) is 0 Å². The molecule has 0 bridgehead atoms. The average Bonchev–Trinajstić information content (AvgIpc) is 2.28.